The van der Waals surface area contributed by atoms with Gasteiger partial charge in [-0.05, 0) is 42.7 Å². The van der Waals surface area contributed by atoms with Crippen molar-refractivity contribution in [3.63, 3.8) is 0 Å². The lowest BCUT2D eigenvalue weighted by Crippen LogP contribution is -2.15. The van der Waals surface area contributed by atoms with Crippen molar-refractivity contribution in [2.75, 3.05) is 11.9 Å². The van der Waals surface area contributed by atoms with Crippen LogP contribution < -0.4 is 10.1 Å². The molecule has 2 aromatic carbocycles. The summed E-state index contributed by atoms with van der Waals surface area (Å²) in [5.74, 6) is 0.782. The average molecular weight is 318 g/mol. The van der Waals surface area contributed by atoms with E-state index in [1.54, 1.807) is 12.1 Å². The summed E-state index contributed by atoms with van der Waals surface area (Å²) in [4.78, 5) is 12.5. The molecule has 3 nitrogen and oxygen atoms in total. The number of rotatable bonds is 5. The normalized spacial score (nSPS) is 10.6. The summed E-state index contributed by atoms with van der Waals surface area (Å²) in [6.45, 7) is 6.58. The van der Waals surface area contributed by atoms with E-state index in [4.69, 9.17) is 16.3 Å². The van der Waals surface area contributed by atoms with Crippen LogP contribution in [-0.2, 0) is 0 Å². The minimum Gasteiger partial charge on any atom is -0.492 e. The van der Waals surface area contributed by atoms with Gasteiger partial charge >= 0.3 is 0 Å². The van der Waals surface area contributed by atoms with Crippen molar-refractivity contribution in [2.45, 2.75) is 20.8 Å². The fourth-order valence-corrected chi connectivity index (χ4v) is 2.14. The van der Waals surface area contributed by atoms with Crippen LogP contribution in [0.4, 0.5) is 5.69 Å². The molecular weight excluding hydrogens is 298 g/mol. The fraction of sp³-hybridized carbons (Fsp3) is 0.278. The molecule has 0 aliphatic heterocycles. The van der Waals surface area contributed by atoms with E-state index in [0.29, 0.717) is 34.5 Å². The lowest BCUT2D eigenvalue weighted by molar-refractivity contribution is 0.102. The Morgan fingerprint density at radius 1 is 1.18 bits per heavy atom. The summed E-state index contributed by atoms with van der Waals surface area (Å²) in [7, 11) is 0. The first-order valence-electron chi connectivity index (χ1n) is 7.27. The van der Waals surface area contributed by atoms with Crippen molar-refractivity contribution >= 4 is 23.2 Å². The van der Waals surface area contributed by atoms with E-state index in [1.807, 2.05) is 37.3 Å². The summed E-state index contributed by atoms with van der Waals surface area (Å²) in [6, 6.07) is 12.7. The van der Waals surface area contributed by atoms with Gasteiger partial charge in [0.15, 0.2) is 0 Å². The predicted octanol–water partition coefficient (Wildman–Crippen LogP) is 4.94. The van der Waals surface area contributed by atoms with Gasteiger partial charge in [-0.2, -0.15) is 0 Å². The molecule has 0 aliphatic carbocycles. The zero-order chi connectivity index (χ0) is 16.1. The number of amides is 1. The largest absolute Gasteiger partial charge is 0.492 e. The Bertz CT molecular complexity index is 668. The topological polar surface area (TPSA) is 38.3 Å². The lowest BCUT2D eigenvalue weighted by atomic mass is 10.1. The molecule has 22 heavy (non-hydrogen) atoms. The fourth-order valence-electron chi connectivity index (χ4n) is 1.97. The molecule has 0 saturated heterocycles. The van der Waals surface area contributed by atoms with E-state index in [1.165, 1.54) is 0 Å². The molecule has 0 aromatic heterocycles. The first kappa shape index (κ1) is 16.4. The number of nitrogens with one attached hydrogen (secondary N) is 1. The highest BCUT2D eigenvalue weighted by Gasteiger charge is 2.14. The van der Waals surface area contributed by atoms with Crippen LogP contribution in [0, 0.1) is 12.8 Å². The maximum absolute atomic E-state index is 12.5. The van der Waals surface area contributed by atoms with Crippen LogP contribution in [0.15, 0.2) is 42.5 Å². The second kappa shape index (κ2) is 7.32. The number of carbonyl (C=O) groups is 1. The Balaban J connectivity index is 2.21. The zero-order valence-electron chi connectivity index (χ0n) is 13.0. The Morgan fingerprint density at radius 2 is 1.91 bits per heavy atom. The highest BCUT2D eigenvalue weighted by atomic mass is 35.5. The van der Waals surface area contributed by atoms with Crippen molar-refractivity contribution in [3.05, 3.63) is 58.6 Å². The molecule has 0 aliphatic rings. The molecule has 1 amide bonds. The highest BCUT2D eigenvalue weighted by molar-refractivity contribution is 6.31. The van der Waals surface area contributed by atoms with E-state index >= 15 is 0 Å². The SMILES string of the molecule is Cc1c(Cl)cccc1NC(=O)c1ccccc1OCC(C)C. The standard InChI is InChI=1S/C18H20ClNO2/c1-12(2)11-22-17-10-5-4-7-14(17)18(21)20-16-9-6-8-15(19)13(16)3/h4-10,12H,11H2,1-3H3,(H,20,21). The number of benzene rings is 2. The summed E-state index contributed by atoms with van der Waals surface area (Å²) < 4.78 is 5.72. The lowest BCUT2D eigenvalue weighted by Gasteiger charge is -2.14. The van der Waals surface area contributed by atoms with Gasteiger partial charge in [-0.15, -0.1) is 0 Å². The maximum Gasteiger partial charge on any atom is 0.259 e. The molecule has 2 aromatic rings. The molecule has 0 atom stereocenters. The van der Waals surface area contributed by atoms with Gasteiger partial charge in [-0.25, -0.2) is 0 Å². The van der Waals surface area contributed by atoms with Crippen LogP contribution in [0.1, 0.15) is 29.8 Å². The van der Waals surface area contributed by atoms with E-state index in [-0.39, 0.29) is 5.91 Å². The number of para-hydroxylation sites is 1. The van der Waals surface area contributed by atoms with Gasteiger partial charge in [0.2, 0.25) is 0 Å². The van der Waals surface area contributed by atoms with Gasteiger partial charge in [-0.1, -0.05) is 43.6 Å². The molecule has 0 bridgehead atoms. The molecule has 4 heteroatoms. The second-order valence-corrected chi connectivity index (χ2v) is 5.97. The van der Waals surface area contributed by atoms with E-state index in [2.05, 4.69) is 19.2 Å². The van der Waals surface area contributed by atoms with Crippen molar-refractivity contribution in [2.24, 2.45) is 5.92 Å². The van der Waals surface area contributed by atoms with Crippen LogP contribution in [0.5, 0.6) is 5.75 Å². The van der Waals surface area contributed by atoms with Crippen molar-refractivity contribution in [1.82, 2.24) is 0 Å². The number of hydrogen-bond acceptors (Lipinski definition) is 2. The number of hydrogen-bond donors (Lipinski definition) is 1. The van der Waals surface area contributed by atoms with E-state index in [0.717, 1.165) is 5.56 Å². The van der Waals surface area contributed by atoms with Crippen molar-refractivity contribution < 1.29 is 9.53 Å². The van der Waals surface area contributed by atoms with Crippen LogP contribution >= 0.6 is 11.6 Å². The smallest absolute Gasteiger partial charge is 0.259 e. The average Bonchev–Trinajstić information content (AvgIpc) is 2.50. The molecule has 0 fully saturated rings. The molecule has 0 unspecified atom stereocenters. The van der Waals surface area contributed by atoms with Gasteiger partial charge in [-0.3, -0.25) is 4.79 Å². The third-order valence-corrected chi connectivity index (χ3v) is 3.63. The third-order valence-electron chi connectivity index (χ3n) is 3.22. The van der Waals surface area contributed by atoms with E-state index in [9.17, 15) is 4.79 Å². The Labute approximate surface area is 136 Å². The van der Waals surface area contributed by atoms with Crippen molar-refractivity contribution in [1.29, 1.82) is 0 Å². The quantitative estimate of drug-likeness (QED) is 0.848. The molecule has 1 N–H and O–H groups in total. The molecule has 116 valence electrons. The van der Waals surface area contributed by atoms with Gasteiger partial charge in [0, 0.05) is 10.7 Å². The molecule has 0 saturated carbocycles. The maximum atomic E-state index is 12.5. The van der Waals surface area contributed by atoms with Gasteiger partial charge in [0.1, 0.15) is 5.75 Å². The third kappa shape index (κ3) is 4.01. The molecule has 0 radical (unpaired) electrons. The Morgan fingerprint density at radius 3 is 2.64 bits per heavy atom. The summed E-state index contributed by atoms with van der Waals surface area (Å²) in [5, 5.41) is 3.52. The zero-order valence-corrected chi connectivity index (χ0v) is 13.8. The van der Waals surface area contributed by atoms with E-state index < -0.39 is 0 Å². The number of halogens is 1. The van der Waals surface area contributed by atoms with Crippen LogP contribution in [-0.4, -0.2) is 12.5 Å². The highest BCUT2D eigenvalue weighted by Crippen LogP contribution is 2.25. The summed E-state index contributed by atoms with van der Waals surface area (Å²) in [5.41, 5.74) is 2.07. The number of carbonyl (C=O) groups excluding carboxylic acids is 1. The minimum atomic E-state index is -0.204. The summed E-state index contributed by atoms with van der Waals surface area (Å²) in [6.07, 6.45) is 0. The molecule has 2 rings (SSSR count). The van der Waals surface area contributed by atoms with Crippen molar-refractivity contribution in [3.8, 4) is 5.75 Å². The first-order chi connectivity index (χ1) is 10.5. The molecule has 0 spiro atoms. The van der Waals surface area contributed by atoms with Gasteiger partial charge < -0.3 is 10.1 Å². The van der Waals surface area contributed by atoms with Gasteiger partial charge in [0.25, 0.3) is 5.91 Å². The Kier molecular flexibility index (Phi) is 5.45. The van der Waals surface area contributed by atoms with Crippen LogP contribution in [0.25, 0.3) is 0 Å². The monoisotopic (exact) mass is 317 g/mol. The van der Waals surface area contributed by atoms with Crippen LogP contribution in [0.3, 0.4) is 0 Å². The number of ether oxygens (including phenoxy) is 1. The molecular formula is C18H20ClNO2. The predicted molar refractivity (Wildman–Crippen MR) is 90.9 cm³/mol. The minimum absolute atomic E-state index is 0.204. The Hall–Kier alpha value is -2.00. The summed E-state index contributed by atoms with van der Waals surface area (Å²) >= 11 is 6.08. The van der Waals surface area contributed by atoms with Crippen LogP contribution in [0.2, 0.25) is 5.02 Å². The molecule has 0 heterocycles. The van der Waals surface area contributed by atoms with Gasteiger partial charge in [0.05, 0.1) is 12.2 Å². The first-order valence-corrected chi connectivity index (χ1v) is 7.65. The number of anilines is 1. The second-order valence-electron chi connectivity index (χ2n) is 5.57.